The van der Waals surface area contributed by atoms with Crippen LogP contribution in [-0.4, -0.2) is 51.4 Å². The molecule has 0 amide bonds. The van der Waals surface area contributed by atoms with Crippen LogP contribution in [0.5, 0.6) is 0 Å². The lowest BCUT2D eigenvalue weighted by molar-refractivity contribution is -0.150. The molecule has 1 aliphatic heterocycles. The number of hydrogen-bond donors (Lipinski definition) is 3. The highest BCUT2D eigenvalue weighted by molar-refractivity contribution is 5.72. The van der Waals surface area contributed by atoms with E-state index in [1.807, 2.05) is 6.92 Å². The fraction of sp³-hybridized carbons (Fsp3) is 0.750. The van der Waals surface area contributed by atoms with E-state index in [0.717, 1.165) is 19.3 Å². The Bertz CT molecular complexity index is 682. The minimum Gasteiger partial charge on any atom is -0.488 e. The zero-order valence-electron chi connectivity index (χ0n) is 16.1. The molecule has 29 heavy (non-hydrogen) atoms. The number of rotatable bonds is 8. The standard InChI is InChI=1S/C20H26F4O5/c1-2-3-4-5-13(25)7-6-12-9-20(23,24)17-15(12)8-14(29-17)10-19(21,22)11-16(26)18(27)28/h10,12-13,15-17,25-26H,2-5,8-9,11H2,1H3,(H,27,28)/t12-,13-,15+,16?,17?/m0/s1. The van der Waals surface area contributed by atoms with Gasteiger partial charge in [0.15, 0.2) is 12.2 Å². The summed E-state index contributed by atoms with van der Waals surface area (Å²) in [5.74, 6) is -5.48. The molecule has 3 N–H and O–H groups in total. The third kappa shape index (κ3) is 6.34. The number of carboxylic acids is 1. The van der Waals surface area contributed by atoms with E-state index in [2.05, 4.69) is 11.8 Å². The van der Waals surface area contributed by atoms with Crippen LogP contribution in [0.1, 0.15) is 51.9 Å². The number of hydrogen-bond acceptors (Lipinski definition) is 4. The van der Waals surface area contributed by atoms with Gasteiger partial charge in [0.25, 0.3) is 11.8 Å². The van der Waals surface area contributed by atoms with E-state index < -0.39 is 60.8 Å². The maximum Gasteiger partial charge on any atom is 0.332 e. The number of carboxylic acid groups (broad SMARTS) is 1. The minimum absolute atomic E-state index is 0.190. The molecular weight excluding hydrogens is 396 g/mol. The van der Waals surface area contributed by atoms with E-state index in [9.17, 15) is 27.5 Å². The van der Waals surface area contributed by atoms with E-state index in [4.69, 9.17) is 14.9 Å². The predicted molar refractivity (Wildman–Crippen MR) is 95.2 cm³/mol. The Morgan fingerprint density at radius 2 is 2.07 bits per heavy atom. The van der Waals surface area contributed by atoms with Crippen LogP contribution in [0.4, 0.5) is 17.6 Å². The van der Waals surface area contributed by atoms with Crippen molar-refractivity contribution in [3.63, 3.8) is 0 Å². The second kappa shape index (κ2) is 9.35. The van der Waals surface area contributed by atoms with Crippen molar-refractivity contribution in [2.24, 2.45) is 11.8 Å². The predicted octanol–water partition coefficient (Wildman–Crippen LogP) is 3.35. The topological polar surface area (TPSA) is 87.0 Å². The average molecular weight is 422 g/mol. The molecule has 2 unspecified atom stereocenters. The van der Waals surface area contributed by atoms with E-state index in [0.29, 0.717) is 12.5 Å². The van der Waals surface area contributed by atoms with Gasteiger partial charge in [-0.1, -0.05) is 31.6 Å². The number of unbranched alkanes of at least 4 members (excludes halogenated alkanes) is 2. The van der Waals surface area contributed by atoms with Gasteiger partial charge in [-0.25, -0.2) is 22.4 Å². The van der Waals surface area contributed by atoms with Crippen molar-refractivity contribution in [3.05, 3.63) is 11.8 Å². The molecule has 0 aromatic rings. The van der Waals surface area contributed by atoms with Crippen LogP contribution in [0, 0.1) is 23.7 Å². The smallest absolute Gasteiger partial charge is 0.332 e. The van der Waals surface area contributed by atoms with Gasteiger partial charge in [-0.15, -0.1) is 0 Å². The first-order valence-corrected chi connectivity index (χ1v) is 9.69. The lowest BCUT2D eigenvalue weighted by Crippen LogP contribution is -2.30. The van der Waals surface area contributed by atoms with Crippen LogP contribution in [-0.2, 0) is 9.53 Å². The summed E-state index contributed by atoms with van der Waals surface area (Å²) in [5, 5.41) is 27.5. The second-order valence-corrected chi connectivity index (χ2v) is 7.71. The molecule has 0 spiro atoms. The summed E-state index contributed by atoms with van der Waals surface area (Å²) < 4.78 is 61.4. The Kier molecular flexibility index (Phi) is 7.57. The van der Waals surface area contributed by atoms with E-state index in [1.165, 1.54) is 0 Å². The van der Waals surface area contributed by atoms with Crippen LogP contribution in [0.25, 0.3) is 0 Å². The molecule has 5 nitrogen and oxygen atoms in total. The molecule has 2 aliphatic rings. The number of aliphatic hydroxyl groups is 2. The SMILES string of the molecule is CCCCC[C@H](O)C#C[C@H]1CC(F)(F)C2OC(=CC(F)(F)CC(O)C(=O)O)C[C@@H]21. The molecule has 1 aliphatic carbocycles. The highest BCUT2D eigenvalue weighted by Gasteiger charge is 2.60. The third-order valence-electron chi connectivity index (χ3n) is 5.17. The van der Waals surface area contributed by atoms with E-state index in [1.54, 1.807) is 0 Å². The number of aliphatic hydroxyl groups excluding tert-OH is 2. The van der Waals surface area contributed by atoms with Crippen LogP contribution in [0.2, 0.25) is 0 Å². The quantitative estimate of drug-likeness (QED) is 0.317. The molecule has 0 bridgehead atoms. The zero-order chi connectivity index (χ0) is 21.8. The molecule has 0 radical (unpaired) electrons. The fourth-order valence-electron chi connectivity index (χ4n) is 3.70. The lowest BCUT2D eigenvalue weighted by Gasteiger charge is -2.19. The highest BCUT2D eigenvalue weighted by atomic mass is 19.3. The monoisotopic (exact) mass is 422 g/mol. The largest absolute Gasteiger partial charge is 0.488 e. The van der Waals surface area contributed by atoms with Crippen molar-refractivity contribution in [2.45, 2.75) is 82.0 Å². The molecule has 2 fully saturated rings. The molecule has 5 atom stereocenters. The van der Waals surface area contributed by atoms with Crippen LogP contribution >= 0.6 is 0 Å². The molecule has 0 aromatic heterocycles. The van der Waals surface area contributed by atoms with Crippen molar-refractivity contribution >= 4 is 5.97 Å². The maximum absolute atomic E-state index is 14.3. The number of halogens is 4. The fourth-order valence-corrected chi connectivity index (χ4v) is 3.70. The Hall–Kier alpha value is -1.79. The van der Waals surface area contributed by atoms with Crippen molar-refractivity contribution in [1.29, 1.82) is 0 Å². The van der Waals surface area contributed by atoms with Gasteiger partial charge >= 0.3 is 5.97 Å². The number of fused-ring (bicyclic) bond motifs is 1. The van der Waals surface area contributed by atoms with Gasteiger partial charge in [0.05, 0.1) is 12.2 Å². The summed E-state index contributed by atoms with van der Waals surface area (Å²) in [7, 11) is 0. The molecule has 164 valence electrons. The maximum atomic E-state index is 14.3. The lowest BCUT2D eigenvalue weighted by atomic mass is 9.92. The number of alkyl halides is 4. The Balaban J connectivity index is 2.07. The number of ether oxygens (including phenoxy) is 1. The molecule has 1 saturated heterocycles. The van der Waals surface area contributed by atoms with Gasteiger partial charge in [0.1, 0.15) is 6.10 Å². The Morgan fingerprint density at radius 1 is 1.38 bits per heavy atom. The summed E-state index contributed by atoms with van der Waals surface area (Å²) in [6.45, 7) is 2.01. The first-order chi connectivity index (χ1) is 13.4. The summed E-state index contributed by atoms with van der Waals surface area (Å²) in [6, 6.07) is 0. The van der Waals surface area contributed by atoms with Gasteiger partial charge in [-0.2, -0.15) is 0 Å². The third-order valence-corrected chi connectivity index (χ3v) is 5.17. The van der Waals surface area contributed by atoms with Gasteiger partial charge in [-0.3, -0.25) is 0 Å². The Morgan fingerprint density at radius 3 is 2.69 bits per heavy atom. The summed E-state index contributed by atoms with van der Waals surface area (Å²) in [4.78, 5) is 10.5. The second-order valence-electron chi connectivity index (χ2n) is 7.71. The number of allylic oxidation sites excluding steroid dienone is 2. The van der Waals surface area contributed by atoms with Gasteiger partial charge < -0.3 is 20.1 Å². The zero-order valence-corrected chi connectivity index (χ0v) is 16.1. The average Bonchev–Trinajstić information content (AvgIpc) is 3.10. The van der Waals surface area contributed by atoms with Crippen LogP contribution < -0.4 is 0 Å². The molecule has 9 heteroatoms. The molecule has 1 saturated carbocycles. The summed E-state index contributed by atoms with van der Waals surface area (Å²) >= 11 is 0. The highest BCUT2D eigenvalue weighted by Crippen LogP contribution is 2.52. The molecule has 2 rings (SSSR count). The van der Waals surface area contributed by atoms with Crippen molar-refractivity contribution in [1.82, 2.24) is 0 Å². The summed E-state index contributed by atoms with van der Waals surface area (Å²) in [6.07, 6.45) is -3.52. The van der Waals surface area contributed by atoms with Crippen molar-refractivity contribution in [2.75, 3.05) is 0 Å². The number of carbonyl (C=O) groups is 1. The first kappa shape index (κ1) is 23.5. The molecular formula is C20H26F4O5. The van der Waals surface area contributed by atoms with Crippen molar-refractivity contribution < 1.29 is 42.4 Å². The first-order valence-electron chi connectivity index (χ1n) is 9.69. The summed E-state index contributed by atoms with van der Waals surface area (Å²) in [5.41, 5.74) is 0. The molecule has 1 heterocycles. The van der Waals surface area contributed by atoms with Gasteiger partial charge in [0, 0.05) is 30.8 Å². The van der Waals surface area contributed by atoms with Crippen LogP contribution in [0.15, 0.2) is 11.8 Å². The van der Waals surface area contributed by atoms with E-state index in [-0.39, 0.29) is 12.2 Å². The van der Waals surface area contributed by atoms with E-state index >= 15 is 0 Å². The van der Waals surface area contributed by atoms with Gasteiger partial charge in [0.2, 0.25) is 0 Å². The van der Waals surface area contributed by atoms with Crippen molar-refractivity contribution in [3.8, 4) is 11.8 Å². The van der Waals surface area contributed by atoms with Gasteiger partial charge in [-0.05, 0) is 12.8 Å². The van der Waals surface area contributed by atoms with Crippen LogP contribution in [0.3, 0.4) is 0 Å². The normalized spacial score (nSPS) is 28.9. The Labute approximate surface area is 166 Å². The minimum atomic E-state index is -3.72. The molecule has 0 aromatic carbocycles. The number of aliphatic carboxylic acids is 1.